The Morgan fingerprint density at radius 1 is 1.28 bits per heavy atom. The van der Waals surface area contributed by atoms with Crippen molar-refractivity contribution in [2.24, 2.45) is 0 Å². The van der Waals surface area contributed by atoms with Crippen LogP contribution in [0.4, 0.5) is 0 Å². The molecular weight excluding hydrogens is 386 g/mol. The van der Waals surface area contributed by atoms with Crippen molar-refractivity contribution in [3.63, 3.8) is 0 Å². The van der Waals surface area contributed by atoms with Crippen molar-refractivity contribution < 1.29 is 19.4 Å². The summed E-state index contributed by atoms with van der Waals surface area (Å²) in [5.41, 5.74) is 3.16. The Hall–Kier alpha value is -2.05. The van der Waals surface area contributed by atoms with E-state index in [1.54, 1.807) is 14.0 Å². The number of methoxy groups -OCH3 is 1. The first-order chi connectivity index (χ1) is 11.9. The maximum atomic E-state index is 10.9. The van der Waals surface area contributed by atoms with Gasteiger partial charge >= 0.3 is 5.97 Å². The number of ether oxygens (including phenoxy) is 2. The number of rotatable bonds is 8. The Balaban J connectivity index is 2.11. The summed E-state index contributed by atoms with van der Waals surface area (Å²) in [4.78, 5) is 10.9. The molecule has 25 heavy (non-hydrogen) atoms. The molecule has 0 aliphatic carbocycles. The number of halogens is 1. The normalized spacial score (nSPS) is 11.8. The first-order valence-corrected chi connectivity index (χ1v) is 8.71. The second-order valence-corrected chi connectivity index (χ2v) is 6.67. The predicted octanol–water partition coefficient (Wildman–Crippen LogP) is 3.91. The van der Waals surface area contributed by atoms with Crippen LogP contribution in [0.15, 0.2) is 40.9 Å². The largest absolute Gasteiger partial charge is 0.493 e. The van der Waals surface area contributed by atoms with Crippen molar-refractivity contribution in [1.29, 1.82) is 0 Å². The van der Waals surface area contributed by atoms with Gasteiger partial charge < -0.3 is 19.9 Å². The molecule has 0 spiro atoms. The monoisotopic (exact) mass is 407 g/mol. The summed E-state index contributed by atoms with van der Waals surface area (Å²) >= 11 is 3.51. The van der Waals surface area contributed by atoms with Crippen molar-refractivity contribution >= 4 is 21.9 Å². The number of aliphatic carboxylic acids is 1. The minimum Gasteiger partial charge on any atom is -0.493 e. The Morgan fingerprint density at radius 2 is 2.04 bits per heavy atom. The minimum atomic E-state index is -0.888. The third-order valence-corrected chi connectivity index (χ3v) is 4.52. The quantitative estimate of drug-likeness (QED) is 0.694. The zero-order chi connectivity index (χ0) is 18.4. The summed E-state index contributed by atoms with van der Waals surface area (Å²) in [6, 6.07) is 11.2. The number of hydrogen-bond donors (Lipinski definition) is 2. The summed E-state index contributed by atoms with van der Waals surface area (Å²) in [6.07, 6.45) is 0. The minimum absolute atomic E-state index is 0.405. The van der Waals surface area contributed by atoms with Crippen LogP contribution in [0.1, 0.15) is 23.6 Å². The lowest BCUT2D eigenvalue weighted by atomic mass is 10.1. The highest BCUT2D eigenvalue weighted by molar-refractivity contribution is 9.10. The summed E-state index contributed by atoms with van der Waals surface area (Å²) < 4.78 is 12.1. The van der Waals surface area contributed by atoms with Gasteiger partial charge in [0.2, 0.25) is 0 Å². The molecule has 134 valence electrons. The van der Waals surface area contributed by atoms with Crippen molar-refractivity contribution in [2.75, 3.05) is 7.11 Å². The second kappa shape index (κ2) is 8.87. The molecule has 1 atom stereocenters. The maximum absolute atomic E-state index is 10.9. The van der Waals surface area contributed by atoms with Crippen LogP contribution in [0.25, 0.3) is 0 Å². The molecule has 2 N–H and O–H groups in total. The van der Waals surface area contributed by atoms with Crippen molar-refractivity contribution in [3.8, 4) is 11.5 Å². The van der Waals surface area contributed by atoms with Gasteiger partial charge in [-0.2, -0.15) is 0 Å². The SMILES string of the molecule is COc1cc(CNC(C)C(=O)O)c(Br)cc1OCc1cccc(C)c1. The van der Waals surface area contributed by atoms with E-state index in [0.29, 0.717) is 24.7 Å². The molecular formula is C19H22BrNO4. The number of carboxylic acid groups (broad SMARTS) is 1. The van der Waals surface area contributed by atoms with E-state index in [2.05, 4.69) is 27.3 Å². The van der Waals surface area contributed by atoms with Gasteiger partial charge in [0.05, 0.1) is 7.11 Å². The van der Waals surface area contributed by atoms with Gasteiger partial charge in [-0.05, 0) is 37.1 Å². The van der Waals surface area contributed by atoms with Crippen LogP contribution in [0, 0.1) is 6.92 Å². The Kier molecular flexibility index (Phi) is 6.84. The van der Waals surface area contributed by atoms with E-state index in [9.17, 15) is 4.79 Å². The number of carbonyl (C=O) groups is 1. The van der Waals surface area contributed by atoms with E-state index >= 15 is 0 Å². The summed E-state index contributed by atoms with van der Waals surface area (Å²) in [5, 5.41) is 11.9. The molecule has 0 aromatic heterocycles. The lowest BCUT2D eigenvalue weighted by Gasteiger charge is -2.15. The number of hydrogen-bond acceptors (Lipinski definition) is 4. The number of aryl methyl sites for hydroxylation is 1. The third kappa shape index (κ3) is 5.47. The van der Waals surface area contributed by atoms with E-state index < -0.39 is 12.0 Å². The first kappa shape index (κ1) is 19.3. The Labute approximate surface area is 156 Å². The molecule has 0 radical (unpaired) electrons. The Bertz CT molecular complexity index is 748. The average molecular weight is 408 g/mol. The molecule has 0 aliphatic heterocycles. The number of nitrogens with one attached hydrogen (secondary N) is 1. The first-order valence-electron chi connectivity index (χ1n) is 7.91. The number of benzene rings is 2. The highest BCUT2D eigenvalue weighted by atomic mass is 79.9. The fourth-order valence-electron chi connectivity index (χ4n) is 2.30. The van der Waals surface area contributed by atoms with Crippen LogP contribution in [0.5, 0.6) is 11.5 Å². The standard InChI is InChI=1S/C19H22BrNO4/c1-12-5-4-6-14(7-12)11-25-18-9-16(20)15(8-17(18)24-3)10-21-13(2)19(22)23/h4-9,13,21H,10-11H2,1-3H3,(H,22,23). The molecule has 0 saturated heterocycles. The molecule has 0 amide bonds. The highest BCUT2D eigenvalue weighted by Crippen LogP contribution is 2.34. The van der Waals surface area contributed by atoms with Gasteiger partial charge in [-0.3, -0.25) is 4.79 Å². The lowest BCUT2D eigenvalue weighted by Crippen LogP contribution is -2.33. The fraction of sp³-hybridized carbons (Fsp3) is 0.316. The summed E-state index contributed by atoms with van der Waals surface area (Å²) in [5.74, 6) is 0.350. The molecule has 6 heteroatoms. The van der Waals surface area contributed by atoms with Gasteiger partial charge in [-0.1, -0.05) is 45.8 Å². The van der Waals surface area contributed by atoms with Crippen molar-refractivity contribution in [3.05, 3.63) is 57.6 Å². The van der Waals surface area contributed by atoms with Crippen LogP contribution < -0.4 is 14.8 Å². The van der Waals surface area contributed by atoms with E-state index in [1.807, 2.05) is 37.3 Å². The zero-order valence-corrected chi connectivity index (χ0v) is 16.1. The van der Waals surface area contributed by atoms with Crippen molar-refractivity contribution in [2.45, 2.75) is 33.0 Å². The van der Waals surface area contributed by atoms with Crippen LogP contribution >= 0.6 is 15.9 Å². The molecule has 5 nitrogen and oxygen atoms in total. The topological polar surface area (TPSA) is 67.8 Å². The molecule has 0 saturated carbocycles. The Morgan fingerprint density at radius 3 is 2.68 bits per heavy atom. The second-order valence-electron chi connectivity index (χ2n) is 5.81. The zero-order valence-electron chi connectivity index (χ0n) is 14.5. The van der Waals surface area contributed by atoms with Crippen LogP contribution in [-0.4, -0.2) is 24.2 Å². The number of carboxylic acids is 1. The molecule has 1 unspecified atom stereocenters. The fourth-order valence-corrected chi connectivity index (χ4v) is 2.76. The summed E-state index contributed by atoms with van der Waals surface area (Å²) in [6.45, 7) is 4.49. The van der Waals surface area contributed by atoms with E-state index in [1.165, 1.54) is 5.56 Å². The molecule has 0 heterocycles. The lowest BCUT2D eigenvalue weighted by molar-refractivity contribution is -0.139. The van der Waals surface area contributed by atoms with Crippen LogP contribution in [0.3, 0.4) is 0 Å². The maximum Gasteiger partial charge on any atom is 0.320 e. The van der Waals surface area contributed by atoms with Crippen LogP contribution in [0.2, 0.25) is 0 Å². The summed E-state index contributed by atoms with van der Waals surface area (Å²) in [7, 11) is 1.58. The average Bonchev–Trinajstić information content (AvgIpc) is 2.58. The van der Waals surface area contributed by atoms with Gasteiger partial charge in [0, 0.05) is 11.0 Å². The van der Waals surface area contributed by atoms with E-state index in [-0.39, 0.29) is 0 Å². The smallest absolute Gasteiger partial charge is 0.320 e. The van der Waals surface area contributed by atoms with Gasteiger partial charge in [-0.25, -0.2) is 0 Å². The highest BCUT2D eigenvalue weighted by Gasteiger charge is 2.14. The molecule has 0 bridgehead atoms. The molecule has 2 rings (SSSR count). The molecule has 2 aromatic carbocycles. The van der Waals surface area contributed by atoms with E-state index in [0.717, 1.165) is 15.6 Å². The van der Waals surface area contributed by atoms with Crippen molar-refractivity contribution in [1.82, 2.24) is 5.32 Å². The molecule has 0 aliphatic rings. The van der Waals surface area contributed by atoms with Gasteiger partial charge in [0.1, 0.15) is 12.6 Å². The van der Waals surface area contributed by atoms with Crippen LogP contribution in [-0.2, 0) is 17.9 Å². The van der Waals surface area contributed by atoms with E-state index in [4.69, 9.17) is 14.6 Å². The van der Waals surface area contributed by atoms with Gasteiger partial charge in [-0.15, -0.1) is 0 Å². The molecule has 2 aromatic rings. The molecule has 0 fully saturated rings. The van der Waals surface area contributed by atoms with Gasteiger partial charge in [0.25, 0.3) is 0 Å². The van der Waals surface area contributed by atoms with Gasteiger partial charge in [0.15, 0.2) is 11.5 Å². The third-order valence-electron chi connectivity index (χ3n) is 3.78. The predicted molar refractivity (Wildman–Crippen MR) is 100 cm³/mol.